The number of fused-ring (bicyclic) bond motifs is 1. The average molecular weight is 327 g/mol. The summed E-state index contributed by atoms with van der Waals surface area (Å²) in [6, 6.07) is 5.13. The van der Waals surface area contributed by atoms with Gasteiger partial charge in [-0.15, -0.1) is 0 Å². The van der Waals surface area contributed by atoms with Crippen LogP contribution in [0.15, 0.2) is 24.3 Å². The predicted molar refractivity (Wildman–Crippen MR) is 82.8 cm³/mol. The predicted octanol–water partition coefficient (Wildman–Crippen LogP) is 3.76. The lowest BCUT2D eigenvalue weighted by Gasteiger charge is -2.09. The molecular weight excluding hydrogens is 311 g/mol. The highest BCUT2D eigenvalue weighted by molar-refractivity contribution is 7.98. The van der Waals surface area contributed by atoms with Gasteiger partial charge in [0.15, 0.2) is 0 Å². The molecule has 2 heterocycles. The van der Waals surface area contributed by atoms with Crippen molar-refractivity contribution < 1.29 is 13.2 Å². The Hall–Kier alpha value is -1.63. The van der Waals surface area contributed by atoms with Crippen LogP contribution in [0.2, 0.25) is 0 Å². The van der Waals surface area contributed by atoms with Crippen molar-refractivity contribution in [2.45, 2.75) is 19.0 Å². The zero-order valence-electron chi connectivity index (χ0n) is 12.1. The quantitative estimate of drug-likeness (QED) is 0.927. The lowest BCUT2D eigenvalue weighted by atomic mass is 10.1. The van der Waals surface area contributed by atoms with Gasteiger partial charge < -0.3 is 5.32 Å². The molecule has 1 N–H and O–H groups in total. The topological polar surface area (TPSA) is 29.9 Å². The summed E-state index contributed by atoms with van der Waals surface area (Å²) in [4.78, 5) is 0. The molecule has 3 nitrogen and oxygen atoms in total. The standard InChI is InChI=1S/C15H16F3N3S/c1-22-9-7-13-12-6-8-19-14(12)21(20-13)11-4-2-10(3-5-11)15(16,17)18/h2-5,19H,6-9H2,1H3. The molecule has 0 bridgehead atoms. The van der Waals surface area contributed by atoms with Gasteiger partial charge in [-0.1, -0.05) is 0 Å². The number of aromatic nitrogens is 2. The first kappa shape index (κ1) is 15.3. The number of hydrogen-bond donors (Lipinski definition) is 1. The van der Waals surface area contributed by atoms with Crippen LogP contribution in [0.4, 0.5) is 19.0 Å². The third-order valence-corrected chi connectivity index (χ3v) is 4.33. The van der Waals surface area contributed by atoms with Gasteiger partial charge >= 0.3 is 6.18 Å². The van der Waals surface area contributed by atoms with Crippen molar-refractivity contribution in [2.24, 2.45) is 0 Å². The fourth-order valence-electron chi connectivity index (χ4n) is 2.62. The van der Waals surface area contributed by atoms with Crippen molar-refractivity contribution in [3.8, 4) is 5.69 Å². The molecule has 118 valence electrons. The monoisotopic (exact) mass is 327 g/mol. The zero-order chi connectivity index (χ0) is 15.7. The van der Waals surface area contributed by atoms with Crippen molar-refractivity contribution >= 4 is 17.6 Å². The largest absolute Gasteiger partial charge is 0.416 e. The number of halogens is 3. The van der Waals surface area contributed by atoms with Crippen molar-refractivity contribution in [2.75, 3.05) is 23.9 Å². The van der Waals surface area contributed by atoms with Crippen LogP contribution in [0, 0.1) is 0 Å². The summed E-state index contributed by atoms with van der Waals surface area (Å²) in [7, 11) is 0. The van der Waals surface area contributed by atoms with Gasteiger partial charge in [-0.3, -0.25) is 0 Å². The van der Waals surface area contributed by atoms with Crippen molar-refractivity contribution in [3.05, 3.63) is 41.1 Å². The summed E-state index contributed by atoms with van der Waals surface area (Å²) in [5.41, 5.74) is 2.23. The number of aryl methyl sites for hydroxylation is 1. The molecule has 0 atom stereocenters. The Balaban J connectivity index is 1.95. The summed E-state index contributed by atoms with van der Waals surface area (Å²) < 4.78 is 39.7. The molecule has 0 amide bonds. The average Bonchev–Trinajstić information content (AvgIpc) is 3.07. The summed E-state index contributed by atoms with van der Waals surface area (Å²) in [6.07, 6.45) is -0.476. The molecule has 0 saturated carbocycles. The number of alkyl halides is 3. The second kappa shape index (κ2) is 5.87. The van der Waals surface area contributed by atoms with E-state index in [1.54, 1.807) is 16.4 Å². The van der Waals surface area contributed by atoms with Crippen molar-refractivity contribution in [1.29, 1.82) is 0 Å². The second-order valence-electron chi connectivity index (χ2n) is 5.15. The van der Waals surface area contributed by atoms with E-state index in [1.807, 2.05) is 6.26 Å². The molecule has 2 aromatic rings. The highest BCUT2D eigenvalue weighted by Crippen LogP contribution is 2.32. The van der Waals surface area contributed by atoms with Gasteiger partial charge in [0.2, 0.25) is 0 Å². The number of nitrogens with zero attached hydrogens (tertiary/aromatic N) is 2. The van der Waals surface area contributed by atoms with E-state index in [0.717, 1.165) is 48.8 Å². The Bertz CT molecular complexity index is 662. The lowest BCUT2D eigenvalue weighted by Crippen LogP contribution is -2.07. The number of thioether (sulfide) groups is 1. The second-order valence-corrected chi connectivity index (χ2v) is 6.14. The lowest BCUT2D eigenvalue weighted by molar-refractivity contribution is -0.137. The highest BCUT2D eigenvalue weighted by Gasteiger charge is 2.30. The van der Waals surface area contributed by atoms with Gasteiger partial charge in [0, 0.05) is 18.5 Å². The molecule has 0 unspecified atom stereocenters. The number of rotatable bonds is 4. The number of benzene rings is 1. The van der Waals surface area contributed by atoms with Crippen LogP contribution in [0.3, 0.4) is 0 Å². The van der Waals surface area contributed by atoms with Gasteiger partial charge in [0.05, 0.1) is 16.9 Å². The van der Waals surface area contributed by atoms with Crippen LogP contribution in [0.25, 0.3) is 5.69 Å². The van der Waals surface area contributed by atoms with E-state index in [1.165, 1.54) is 17.7 Å². The first-order valence-corrected chi connectivity index (χ1v) is 8.41. The Morgan fingerprint density at radius 1 is 1.27 bits per heavy atom. The van der Waals surface area contributed by atoms with Crippen LogP contribution in [-0.2, 0) is 19.0 Å². The van der Waals surface area contributed by atoms with E-state index >= 15 is 0 Å². The van der Waals surface area contributed by atoms with Crippen LogP contribution in [-0.4, -0.2) is 28.3 Å². The minimum Gasteiger partial charge on any atom is -0.369 e. The van der Waals surface area contributed by atoms with Gasteiger partial charge in [0.1, 0.15) is 5.82 Å². The Morgan fingerprint density at radius 3 is 2.64 bits per heavy atom. The highest BCUT2D eigenvalue weighted by atomic mass is 32.2. The molecule has 1 aromatic heterocycles. The fourth-order valence-corrected chi connectivity index (χ4v) is 3.02. The van der Waals surface area contributed by atoms with Crippen molar-refractivity contribution in [3.63, 3.8) is 0 Å². The van der Waals surface area contributed by atoms with Crippen LogP contribution in [0.1, 0.15) is 16.8 Å². The van der Waals surface area contributed by atoms with Crippen LogP contribution < -0.4 is 5.32 Å². The van der Waals surface area contributed by atoms with Gasteiger partial charge in [-0.05, 0) is 42.7 Å². The molecule has 3 rings (SSSR count). The molecular formula is C15H16F3N3S. The molecule has 0 spiro atoms. The minimum atomic E-state index is -4.31. The fraction of sp³-hybridized carbons (Fsp3) is 0.400. The molecule has 7 heteroatoms. The van der Waals surface area contributed by atoms with Gasteiger partial charge in [-0.25, -0.2) is 4.68 Å². The van der Waals surface area contributed by atoms with E-state index in [0.29, 0.717) is 5.69 Å². The Kier molecular flexibility index (Phi) is 4.08. The maximum Gasteiger partial charge on any atom is 0.416 e. The molecule has 1 aliphatic heterocycles. The third-order valence-electron chi connectivity index (χ3n) is 3.72. The maximum absolute atomic E-state index is 12.6. The number of anilines is 1. The van der Waals surface area contributed by atoms with Gasteiger partial charge in [-0.2, -0.15) is 30.0 Å². The molecule has 1 aromatic carbocycles. The first-order chi connectivity index (χ1) is 10.5. The van der Waals surface area contributed by atoms with E-state index < -0.39 is 11.7 Å². The minimum absolute atomic E-state index is 0.643. The third kappa shape index (κ3) is 2.82. The summed E-state index contributed by atoms with van der Waals surface area (Å²) in [5, 5.41) is 7.87. The summed E-state index contributed by atoms with van der Waals surface area (Å²) in [5.74, 6) is 1.90. The SMILES string of the molecule is CSCCc1nn(-c2ccc(C(F)(F)F)cc2)c2c1CCN2. The van der Waals surface area contributed by atoms with Crippen LogP contribution in [0.5, 0.6) is 0 Å². The van der Waals surface area contributed by atoms with Crippen LogP contribution >= 0.6 is 11.8 Å². The van der Waals surface area contributed by atoms with E-state index in [-0.39, 0.29) is 0 Å². The van der Waals surface area contributed by atoms with E-state index in [9.17, 15) is 13.2 Å². The zero-order valence-corrected chi connectivity index (χ0v) is 12.9. The molecule has 22 heavy (non-hydrogen) atoms. The van der Waals surface area contributed by atoms with E-state index in [2.05, 4.69) is 10.4 Å². The Labute approximate surface area is 130 Å². The van der Waals surface area contributed by atoms with Crippen molar-refractivity contribution in [1.82, 2.24) is 9.78 Å². The van der Waals surface area contributed by atoms with E-state index in [4.69, 9.17) is 0 Å². The molecule has 0 saturated heterocycles. The first-order valence-electron chi connectivity index (χ1n) is 7.02. The molecule has 0 radical (unpaired) electrons. The molecule has 0 fully saturated rings. The Morgan fingerprint density at radius 2 is 2.00 bits per heavy atom. The smallest absolute Gasteiger partial charge is 0.369 e. The van der Waals surface area contributed by atoms with Gasteiger partial charge in [0.25, 0.3) is 0 Å². The summed E-state index contributed by atoms with van der Waals surface area (Å²) >= 11 is 1.76. The summed E-state index contributed by atoms with van der Waals surface area (Å²) in [6.45, 7) is 0.847. The molecule has 1 aliphatic rings. The normalized spacial score (nSPS) is 14.0. The molecule has 0 aliphatic carbocycles. The maximum atomic E-state index is 12.6. The number of hydrogen-bond acceptors (Lipinski definition) is 3. The number of nitrogens with one attached hydrogen (secondary N) is 1.